The van der Waals surface area contributed by atoms with Crippen LogP contribution in [0.5, 0.6) is 0 Å². The number of rotatable bonds is 4. The van der Waals surface area contributed by atoms with Crippen molar-refractivity contribution < 1.29 is 9.53 Å². The highest BCUT2D eigenvalue weighted by atomic mass is 16.6. The Balaban J connectivity index is 4.00. The van der Waals surface area contributed by atoms with Crippen LogP contribution in [0.25, 0.3) is 0 Å². The van der Waals surface area contributed by atoms with Gasteiger partial charge in [0.1, 0.15) is 5.60 Å². The SMILES string of the molecule is CN(C)/C=C(\C#N)CCNC(=O)OC(C)(C)C. The average Bonchev–Trinajstić information content (AvgIpc) is 2.12. The smallest absolute Gasteiger partial charge is 0.407 e. The minimum atomic E-state index is -0.498. The molecule has 0 unspecified atom stereocenters. The fourth-order valence-electron chi connectivity index (χ4n) is 1.07. The number of nitrogens with zero attached hydrogens (tertiary/aromatic N) is 2. The normalized spacial score (nSPS) is 11.6. The zero-order chi connectivity index (χ0) is 13.5. The van der Waals surface area contributed by atoms with Crippen molar-refractivity contribution in [3.05, 3.63) is 11.8 Å². The first-order chi connectivity index (χ1) is 7.74. The quantitative estimate of drug-likeness (QED) is 0.761. The van der Waals surface area contributed by atoms with Crippen molar-refractivity contribution in [2.24, 2.45) is 0 Å². The molecule has 0 aromatic heterocycles. The van der Waals surface area contributed by atoms with Crippen molar-refractivity contribution in [3.63, 3.8) is 0 Å². The monoisotopic (exact) mass is 239 g/mol. The van der Waals surface area contributed by atoms with Gasteiger partial charge in [-0.1, -0.05) is 0 Å². The van der Waals surface area contributed by atoms with Crippen LogP contribution in [-0.2, 0) is 4.74 Å². The summed E-state index contributed by atoms with van der Waals surface area (Å²) >= 11 is 0. The lowest BCUT2D eigenvalue weighted by molar-refractivity contribution is 0.0528. The molecule has 1 amide bonds. The van der Waals surface area contributed by atoms with E-state index in [2.05, 4.69) is 11.4 Å². The number of hydrogen-bond acceptors (Lipinski definition) is 4. The molecule has 17 heavy (non-hydrogen) atoms. The van der Waals surface area contributed by atoms with Gasteiger partial charge in [-0.3, -0.25) is 0 Å². The summed E-state index contributed by atoms with van der Waals surface area (Å²) in [5.74, 6) is 0. The Kier molecular flexibility index (Phi) is 6.11. The zero-order valence-electron chi connectivity index (χ0n) is 11.2. The first-order valence-corrected chi connectivity index (χ1v) is 5.48. The van der Waals surface area contributed by atoms with Crippen molar-refractivity contribution >= 4 is 6.09 Å². The zero-order valence-corrected chi connectivity index (χ0v) is 11.2. The molecule has 0 saturated carbocycles. The lowest BCUT2D eigenvalue weighted by atomic mass is 10.2. The Hall–Kier alpha value is -1.70. The number of alkyl carbamates (subject to hydrolysis) is 1. The summed E-state index contributed by atoms with van der Waals surface area (Å²) in [6.45, 7) is 5.81. The molecule has 0 aliphatic heterocycles. The molecule has 1 N–H and O–H groups in total. The summed E-state index contributed by atoms with van der Waals surface area (Å²) in [5.41, 5.74) is 0.118. The molecule has 0 rings (SSSR count). The summed E-state index contributed by atoms with van der Waals surface area (Å²) in [5, 5.41) is 11.4. The highest BCUT2D eigenvalue weighted by Gasteiger charge is 2.15. The Labute approximate surface area is 103 Å². The Morgan fingerprint density at radius 2 is 2.06 bits per heavy atom. The van der Waals surface area contributed by atoms with Gasteiger partial charge in [0.2, 0.25) is 0 Å². The van der Waals surface area contributed by atoms with E-state index in [1.54, 1.807) is 31.9 Å². The third-order valence-electron chi connectivity index (χ3n) is 1.62. The first kappa shape index (κ1) is 15.3. The van der Waals surface area contributed by atoms with E-state index in [4.69, 9.17) is 10.00 Å². The molecule has 0 aliphatic rings. The van der Waals surface area contributed by atoms with Crippen LogP contribution in [0, 0.1) is 11.3 Å². The van der Waals surface area contributed by atoms with Gasteiger partial charge >= 0.3 is 6.09 Å². The average molecular weight is 239 g/mol. The molecule has 0 saturated heterocycles. The third kappa shape index (κ3) is 9.24. The molecule has 5 nitrogen and oxygen atoms in total. The second kappa shape index (κ2) is 6.79. The number of ether oxygens (including phenoxy) is 1. The van der Waals surface area contributed by atoms with E-state index in [1.165, 1.54) is 0 Å². The van der Waals surface area contributed by atoms with Gasteiger partial charge in [-0.2, -0.15) is 5.26 Å². The van der Waals surface area contributed by atoms with Crippen LogP contribution in [0.3, 0.4) is 0 Å². The van der Waals surface area contributed by atoms with Crippen LogP contribution in [0.4, 0.5) is 4.79 Å². The molecule has 0 fully saturated rings. The lowest BCUT2D eigenvalue weighted by Crippen LogP contribution is -2.33. The minimum absolute atomic E-state index is 0.391. The highest BCUT2D eigenvalue weighted by Crippen LogP contribution is 2.06. The summed E-state index contributed by atoms with van der Waals surface area (Å²) in [6.07, 6.45) is 1.77. The largest absolute Gasteiger partial charge is 0.444 e. The molecule has 5 heteroatoms. The molecule has 0 aromatic carbocycles. The summed E-state index contributed by atoms with van der Waals surface area (Å²) in [6, 6.07) is 2.08. The van der Waals surface area contributed by atoms with Crippen LogP contribution < -0.4 is 5.32 Å². The molecule has 0 aliphatic carbocycles. The van der Waals surface area contributed by atoms with Gasteiger partial charge in [-0.15, -0.1) is 0 Å². The molecule has 0 radical (unpaired) electrons. The second-order valence-corrected chi connectivity index (χ2v) is 4.91. The number of hydrogen-bond donors (Lipinski definition) is 1. The van der Waals surface area contributed by atoms with Gasteiger partial charge in [0.25, 0.3) is 0 Å². The topological polar surface area (TPSA) is 65.4 Å². The molecule has 0 bridgehead atoms. The Morgan fingerprint density at radius 1 is 1.47 bits per heavy atom. The van der Waals surface area contributed by atoms with Gasteiger partial charge in [0.15, 0.2) is 0 Å². The van der Waals surface area contributed by atoms with Crippen molar-refractivity contribution in [3.8, 4) is 6.07 Å². The van der Waals surface area contributed by atoms with Gasteiger partial charge in [-0.05, 0) is 20.8 Å². The van der Waals surface area contributed by atoms with E-state index in [1.807, 2.05) is 14.1 Å². The minimum Gasteiger partial charge on any atom is -0.444 e. The number of nitrogens with one attached hydrogen (secondary N) is 1. The maximum absolute atomic E-state index is 11.3. The summed E-state index contributed by atoms with van der Waals surface area (Å²) in [4.78, 5) is 13.1. The van der Waals surface area contributed by atoms with Crippen LogP contribution in [0.1, 0.15) is 27.2 Å². The van der Waals surface area contributed by atoms with Crippen molar-refractivity contribution in [1.29, 1.82) is 5.26 Å². The Bertz CT molecular complexity index is 322. The number of amides is 1. The van der Waals surface area contributed by atoms with Crippen molar-refractivity contribution in [2.75, 3.05) is 20.6 Å². The molecule has 96 valence electrons. The summed E-state index contributed by atoms with van der Waals surface area (Å²) in [7, 11) is 3.69. The molecular weight excluding hydrogens is 218 g/mol. The van der Waals surface area contributed by atoms with E-state index >= 15 is 0 Å². The summed E-state index contributed by atoms with van der Waals surface area (Å²) < 4.78 is 5.07. The second-order valence-electron chi connectivity index (χ2n) is 4.91. The standard InChI is InChI=1S/C12H21N3O2/c1-12(2,3)17-11(16)14-7-6-10(8-13)9-15(4)5/h9H,6-7H2,1-5H3,(H,14,16)/b10-9-. The third-order valence-corrected chi connectivity index (χ3v) is 1.62. The number of nitriles is 1. The first-order valence-electron chi connectivity index (χ1n) is 5.48. The predicted octanol–water partition coefficient (Wildman–Crippen LogP) is 1.87. The van der Waals surface area contributed by atoms with E-state index in [-0.39, 0.29) is 0 Å². The van der Waals surface area contributed by atoms with Crippen LogP contribution >= 0.6 is 0 Å². The molecule has 0 heterocycles. The van der Waals surface area contributed by atoms with E-state index in [9.17, 15) is 4.79 Å². The van der Waals surface area contributed by atoms with Gasteiger partial charge < -0.3 is 15.0 Å². The van der Waals surface area contributed by atoms with Crippen LogP contribution in [-0.4, -0.2) is 37.2 Å². The van der Waals surface area contributed by atoms with Crippen LogP contribution in [0.2, 0.25) is 0 Å². The lowest BCUT2D eigenvalue weighted by Gasteiger charge is -2.19. The molecule has 0 aromatic rings. The van der Waals surface area contributed by atoms with Gasteiger partial charge in [0.05, 0.1) is 6.07 Å². The Morgan fingerprint density at radius 3 is 2.47 bits per heavy atom. The number of carbonyl (C=O) groups is 1. The number of carbonyl (C=O) groups excluding carboxylic acids is 1. The van der Waals surface area contributed by atoms with E-state index in [0.29, 0.717) is 18.5 Å². The maximum Gasteiger partial charge on any atom is 0.407 e. The van der Waals surface area contributed by atoms with E-state index in [0.717, 1.165) is 0 Å². The van der Waals surface area contributed by atoms with E-state index < -0.39 is 11.7 Å². The van der Waals surface area contributed by atoms with Crippen molar-refractivity contribution in [1.82, 2.24) is 10.2 Å². The maximum atomic E-state index is 11.3. The fraction of sp³-hybridized carbons (Fsp3) is 0.667. The predicted molar refractivity (Wildman–Crippen MR) is 66.2 cm³/mol. The molecule has 0 atom stereocenters. The van der Waals surface area contributed by atoms with Crippen LogP contribution in [0.15, 0.2) is 11.8 Å². The fourth-order valence-corrected chi connectivity index (χ4v) is 1.07. The molecule has 0 spiro atoms. The highest BCUT2D eigenvalue weighted by molar-refractivity contribution is 5.67. The van der Waals surface area contributed by atoms with Gasteiger partial charge in [0, 0.05) is 38.8 Å². The van der Waals surface area contributed by atoms with Crippen molar-refractivity contribution in [2.45, 2.75) is 32.8 Å². The van der Waals surface area contributed by atoms with Gasteiger partial charge in [-0.25, -0.2) is 4.79 Å². The molecular formula is C12H21N3O2.